The van der Waals surface area contributed by atoms with Gasteiger partial charge in [0.05, 0.1) is 26.0 Å². The minimum Gasteiger partial charge on any atom is -0.378 e. The van der Waals surface area contributed by atoms with Gasteiger partial charge >= 0.3 is 0 Å². The Kier molecular flexibility index (Phi) is 7.91. The summed E-state index contributed by atoms with van der Waals surface area (Å²) in [6, 6.07) is 3.83. The molecule has 29 heavy (non-hydrogen) atoms. The lowest BCUT2D eigenvalue weighted by Gasteiger charge is -2.29. The Morgan fingerprint density at radius 3 is 2.76 bits per heavy atom. The number of ether oxygens (including phenoxy) is 3. The Labute approximate surface area is 170 Å². The molecular formula is C19H28N6O4. The molecule has 1 fully saturated rings. The number of amides is 1. The summed E-state index contributed by atoms with van der Waals surface area (Å²) in [6.45, 7) is 8.50. The van der Waals surface area contributed by atoms with E-state index in [1.807, 2.05) is 26.0 Å². The molecule has 0 atom stereocenters. The molecule has 0 radical (unpaired) electrons. The fourth-order valence-electron chi connectivity index (χ4n) is 3.06. The van der Waals surface area contributed by atoms with Crippen LogP contribution in [-0.2, 0) is 27.3 Å². The van der Waals surface area contributed by atoms with Crippen LogP contribution in [0.4, 0.5) is 5.82 Å². The summed E-state index contributed by atoms with van der Waals surface area (Å²) in [5.74, 6) is 0.577. The van der Waals surface area contributed by atoms with Gasteiger partial charge in [-0.25, -0.2) is 9.67 Å². The van der Waals surface area contributed by atoms with Crippen LogP contribution in [0.1, 0.15) is 29.9 Å². The molecule has 0 saturated carbocycles. The van der Waals surface area contributed by atoms with E-state index < -0.39 is 6.29 Å². The topological polar surface area (TPSA) is 104 Å². The van der Waals surface area contributed by atoms with E-state index in [9.17, 15) is 4.79 Å². The second kappa shape index (κ2) is 10.8. The molecular weight excluding hydrogens is 376 g/mol. The van der Waals surface area contributed by atoms with Gasteiger partial charge in [-0.1, -0.05) is 11.3 Å². The summed E-state index contributed by atoms with van der Waals surface area (Å²) in [4.78, 5) is 19.2. The third-order valence-electron chi connectivity index (χ3n) is 4.43. The predicted molar refractivity (Wildman–Crippen MR) is 106 cm³/mol. The summed E-state index contributed by atoms with van der Waals surface area (Å²) in [5.41, 5.74) is 1.19. The third-order valence-corrected chi connectivity index (χ3v) is 4.43. The lowest BCUT2D eigenvalue weighted by atomic mass is 10.2. The van der Waals surface area contributed by atoms with E-state index >= 15 is 0 Å². The number of hydrogen-bond donors (Lipinski definition) is 1. The summed E-state index contributed by atoms with van der Waals surface area (Å²) in [6.07, 6.45) is 2.93. The van der Waals surface area contributed by atoms with Gasteiger partial charge in [-0.2, -0.15) is 0 Å². The number of carbonyl (C=O) groups excluding carboxylic acids is 1. The normalized spacial score (nSPS) is 14.4. The summed E-state index contributed by atoms with van der Waals surface area (Å²) < 4.78 is 18.0. The van der Waals surface area contributed by atoms with Gasteiger partial charge in [0, 0.05) is 44.6 Å². The van der Waals surface area contributed by atoms with Crippen LogP contribution in [-0.4, -0.2) is 71.7 Å². The molecule has 10 heteroatoms. The van der Waals surface area contributed by atoms with Crippen LogP contribution >= 0.6 is 0 Å². The Morgan fingerprint density at radius 1 is 1.28 bits per heavy atom. The number of aromatic nitrogens is 4. The Balaban J connectivity index is 1.58. The minimum atomic E-state index is -0.422. The molecule has 0 aromatic carbocycles. The first-order chi connectivity index (χ1) is 14.2. The van der Waals surface area contributed by atoms with Gasteiger partial charge in [-0.15, -0.1) is 5.10 Å². The van der Waals surface area contributed by atoms with Crippen molar-refractivity contribution in [3.05, 3.63) is 35.8 Å². The average Bonchev–Trinajstić information content (AvgIpc) is 3.22. The lowest BCUT2D eigenvalue weighted by molar-refractivity contribution is -0.145. The zero-order valence-electron chi connectivity index (χ0n) is 16.9. The van der Waals surface area contributed by atoms with Crippen molar-refractivity contribution in [2.75, 3.05) is 44.4 Å². The van der Waals surface area contributed by atoms with Gasteiger partial charge in [-0.05, 0) is 19.9 Å². The number of carbonyl (C=O) groups is 1. The van der Waals surface area contributed by atoms with Crippen molar-refractivity contribution in [1.82, 2.24) is 25.3 Å². The molecule has 0 unspecified atom stereocenters. The van der Waals surface area contributed by atoms with Crippen molar-refractivity contribution >= 4 is 11.7 Å². The Bertz CT molecular complexity index is 772. The number of pyridine rings is 1. The molecule has 1 saturated heterocycles. The number of nitrogens with zero attached hydrogens (tertiary/aromatic N) is 5. The first kappa shape index (κ1) is 21.2. The van der Waals surface area contributed by atoms with Crippen molar-refractivity contribution in [2.24, 2.45) is 0 Å². The first-order valence-electron chi connectivity index (χ1n) is 9.89. The fourth-order valence-corrected chi connectivity index (χ4v) is 3.06. The molecule has 2 aromatic heterocycles. The molecule has 1 N–H and O–H groups in total. The molecule has 3 heterocycles. The molecule has 158 valence electrons. The maximum atomic E-state index is 12.5. The quantitative estimate of drug-likeness (QED) is 0.581. The zero-order valence-corrected chi connectivity index (χ0v) is 16.9. The van der Waals surface area contributed by atoms with Crippen LogP contribution in [0.15, 0.2) is 24.5 Å². The van der Waals surface area contributed by atoms with E-state index in [0.29, 0.717) is 39.5 Å². The monoisotopic (exact) mass is 404 g/mol. The second-order valence-electron chi connectivity index (χ2n) is 6.43. The van der Waals surface area contributed by atoms with Crippen molar-refractivity contribution in [1.29, 1.82) is 0 Å². The highest BCUT2D eigenvalue weighted by Gasteiger charge is 2.18. The van der Waals surface area contributed by atoms with Crippen LogP contribution in [0.5, 0.6) is 0 Å². The standard InChI is InChI=1S/C19H28N6O4/c1-3-28-17(29-4-2)14-25-13-16(22-23-25)19(26)21-12-15-6-5-7-20-18(15)24-8-10-27-11-9-24/h5-7,13,17H,3-4,8-12,14H2,1-2H3,(H,21,26). The van der Waals surface area contributed by atoms with Crippen LogP contribution in [0.25, 0.3) is 0 Å². The number of hydrogen-bond acceptors (Lipinski definition) is 8. The molecule has 2 aromatic rings. The number of rotatable bonds is 10. The fraction of sp³-hybridized carbons (Fsp3) is 0.579. The number of morpholine rings is 1. The van der Waals surface area contributed by atoms with E-state index in [0.717, 1.165) is 24.5 Å². The van der Waals surface area contributed by atoms with E-state index in [1.54, 1.807) is 17.1 Å². The summed E-state index contributed by atoms with van der Waals surface area (Å²) >= 11 is 0. The van der Waals surface area contributed by atoms with Gasteiger partial charge in [0.25, 0.3) is 5.91 Å². The molecule has 10 nitrogen and oxygen atoms in total. The molecule has 0 bridgehead atoms. The highest BCUT2D eigenvalue weighted by Crippen LogP contribution is 2.18. The summed E-state index contributed by atoms with van der Waals surface area (Å²) in [7, 11) is 0. The largest absolute Gasteiger partial charge is 0.378 e. The maximum Gasteiger partial charge on any atom is 0.273 e. The smallest absolute Gasteiger partial charge is 0.273 e. The van der Waals surface area contributed by atoms with Gasteiger partial charge < -0.3 is 24.4 Å². The molecule has 1 aliphatic heterocycles. The van der Waals surface area contributed by atoms with Crippen molar-refractivity contribution in [2.45, 2.75) is 33.2 Å². The highest BCUT2D eigenvalue weighted by atomic mass is 16.7. The zero-order chi connectivity index (χ0) is 20.5. The highest BCUT2D eigenvalue weighted by molar-refractivity contribution is 5.91. The van der Waals surface area contributed by atoms with Crippen LogP contribution in [0.2, 0.25) is 0 Å². The van der Waals surface area contributed by atoms with Gasteiger partial charge in [0.2, 0.25) is 0 Å². The third kappa shape index (κ3) is 5.96. The SMILES string of the molecule is CCOC(Cn1cc(C(=O)NCc2cccnc2N2CCOCC2)nn1)OCC. The number of anilines is 1. The van der Waals surface area contributed by atoms with E-state index in [1.165, 1.54) is 0 Å². The van der Waals surface area contributed by atoms with Crippen LogP contribution < -0.4 is 10.2 Å². The molecule has 0 aliphatic carbocycles. The van der Waals surface area contributed by atoms with E-state index in [-0.39, 0.29) is 11.6 Å². The average molecular weight is 404 g/mol. The van der Waals surface area contributed by atoms with Gasteiger partial charge in [-0.3, -0.25) is 4.79 Å². The van der Waals surface area contributed by atoms with Crippen LogP contribution in [0, 0.1) is 0 Å². The first-order valence-corrected chi connectivity index (χ1v) is 9.89. The molecule has 1 amide bonds. The summed E-state index contributed by atoms with van der Waals surface area (Å²) in [5, 5.41) is 10.9. The number of nitrogens with one attached hydrogen (secondary N) is 1. The molecule has 0 spiro atoms. The second-order valence-corrected chi connectivity index (χ2v) is 6.43. The van der Waals surface area contributed by atoms with Gasteiger partial charge in [0.15, 0.2) is 12.0 Å². The lowest BCUT2D eigenvalue weighted by Crippen LogP contribution is -2.37. The predicted octanol–water partition coefficient (Wildman–Crippen LogP) is 0.839. The molecule has 1 aliphatic rings. The van der Waals surface area contributed by atoms with Crippen molar-refractivity contribution < 1.29 is 19.0 Å². The van der Waals surface area contributed by atoms with E-state index in [4.69, 9.17) is 14.2 Å². The van der Waals surface area contributed by atoms with Crippen molar-refractivity contribution in [3.63, 3.8) is 0 Å². The Morgan fingerprint density at radius 2 is 2.03 bits per heavy atom. The van der Waals surface area contributed by atoms with Gasteiger partial charge in [0.1, 0.15) is 5.82 Å². The van der Waals surface area contributed by atoms with Crippen LogP contribution in [0.3, 0.4) is 0 Å². The Hall–Kier alpha value is -2.56. The molecule has 3 rings (SSSR count). The maximum absolute atomic E-state index is 12.5. The van der Waals surface area contributed by atoms with E-state index in [2.05, 4.69) is 25.5 Å². The van der Waals surface area contributed by atoms with Crippen molar-refractivity contribution in [3.8, 4) is 0 Å². The minimum absolute atomic E-state index is 0.244.